The largest absolute Gasteiger partial charge is 0.491 e. The molecule has 1 atom stereocenters. The Kier molecular flexibility index (Phi) is 5.62. The van der Waals surface area contributed by atoms with Gasteiger partial charge >= 0.3 is 0 Å². The summed E-state index contributed by atoms with van der Waals surface area (Å²) in [5, 5.41) is 19.9. The molecule has 7 heteroatoms. The minimum Gasteiger partial charge on any atom is -0.491 e. The predicted molar refractivity (Wildman–Crippen MR) is 112 cm³/mol. The van der Waals surface area contributed by atoms with Crippen LogP contribution in [-0.2, 0) is 6.54 Å². The molecule has 0 aliphatic rings. The van der Waals surface area contributed by atoms with Crippen LogP contribution in [0.15, 0.2) is 64.5 Å². The third-order valence-electron chi connectivity index (χ3n) is 4.48. The van der Waals surface area contributed by atoms with E-state index in [0.29, 0.717) is 18.8 Å². The third kappa shape index (κ3) is 4.82. The summed E-state index contributed by atoms with van der Waals surface area (Å²) in [5.74, 6) is 0.385. The number of aromatic nitrogens is 1. The first-order chi connectivity index (χ1) is 14.0. The lowest BCUT2D eigenvalue weighted by Crippen LogP contribution is -2.42. The van der Waals surface area contributed by atoms with Crippen LogP contribution < -0.4 is 10.1 Å². The fourth-order valence-corrected chi connectivity index (χ4v) is 3.78. The average molecular weight is 412 g/mol. The molecular formula is C22H21FN2O3S. The van der Waals surface area contributed by atoms with Gasteiger partial charge in [0, 0.05) is 18.7 Å². The van der Waals surface area contributed by atoms with Crippen LogP contribution in [0, 0.1) is 5.82 Å². The Morgan fingerprint density at radius 2 is 2.03 bits per heavy atom. The van der Waals surface area contributed by atoms with Crippen molar-refractivity contribution in [1.82, 2.24) is 10.5 Å². The molecule has 0 amide bonds. The molecular weight excluding hydrogens is 391 g/mol. The van der Waals surface area contributed by atoms with Gasteiger partial charge in [-0.15, -0.1) is 11.3 Å². The van der Waals surface area contributed by atoms with Crippen LogP contribution >= 0.6 is 11.3 Å². The molecule has 29 heavy (non-hydrogen) atoms. The van der Waals surface area contributed by atoms with Crippen LogP contribution in [0.25, 0.3) is 21.5 Å². The van der Waals surface area contributed by atoms with Gasteiger partial charge in [-0.2, -0.15) is 0 Å². The molecule has 0 radical (unpaired) electrons. The van der Waals surface area contributed by atoms with E-state index >= 15 is 0 Å². The number of thiophene rings is 1. The van der Waals surface area contributed by atoms with Crippen molar-refractivity contribution in [3.63, 3.8) is 0 Å². The Labute approximate surface area is 171 Å². The highest BCUT2D eigenvalue weighted by Gasteiger charge is 2.21. The van der Waals surface area contributed by atoms with E-state index in [0.717, 1.165) is 27.1 Å². The van der Waals surface area contributed by atoms with Gasteiger partial charge in [-0.05, 0) is 48.2 Å². The molecule has 2 aromatic carbocycles. The molecule has 0 spiro atoms. The van der Waals surface area contributed by atoms with Crippen molar-refractivity contribution in [1.29, 1.82) is 0 Å². The molecule has 0 saturated carbocycles. The van der Waals surface area contributed by atoms with Crippen LogP contribution in [0.5, 0.6) is 5.75 Å². The second-order valence-corrected chi connectivity index (χ2v) is 8.10. The number of fused-ring (bicyclic) bond motifs is 1. The molecule has 0 unspecified atom stereocenters. The Bertz CT molecular complexity index is 1090. The Morgan fingerprint density at radius 3 is 2.86 bits per heavy atom. The number of benzene rings is 2. The van der Waals surface area contributed by atoms with E-state index in [2.05, 4.69) is 10.5 Å². The standard InChI is InChI=1S/C22H21FN2O3S/c1-22(26,13-24-12-15-5-7-17(23)8-6-15)14-27-18-4-2-3-16(11-18)20-21-19(28-25-20)9-10-29-21/h2-11,24,26H,12-14H2,1H3/t22-/m0/s1. The summed E-state index contributed by atoms with van der Waals surface area (Å²) in [4.78, 5) is 0. The lowest BCUT2D eigenvalue weighted by Gasteiger charge is -2.24. The number of ether oxygens (including phenoxy) is 1. The maximum atomic E-state index is 13.0. The minimum atomic E-state index is -1.06. The van der Waals surface area contributed by atoms with Crippen LogP contribution in [0.4, 0.5) is 4.39 Å². The van der Waals surface area contributed by atoms with E-state index in [-0.39, 0.29) is 12.4 Å². The quantitative estimate of drug-likeness (QED) is 0.442. The van der Waals surface area contributed by atoms with E-state index in [1.54, 1.807) is 30.4 Å². The first-order valence-corrected chi connectivity index (χ1v) is 10.1. The number of halogens is 1. The second kappa shape index (κ2) is 8.32. The third-order valence-corrected chi connectivity index (χ3v) is 5.39. The number of nitrogens with zero attached hydrogens (tertiary/aromatic N) is 1. The number of aliphatic hydroxyl groups is 1. The smallest absolute Gasteiger partial charge is 0.178 e. The van der Waals surface area contributed by atoms with Crippen molar-refractivity contribution in [2.75, 3.05) is 13.2 Å². The lowest BCUT2D eigenvalue weighted by molar-refractivity contribution is 0.0121. The van der Waals surface area contributed by atoms with Crippen molar-refractivity contribution in [3.05, 3.63) is 71.4 Å². The zero-order valence-corrected chi connectivity index (χ0v) is 16.7. The zero-order chi connectivity index (χ0) is 20.3. The average Bonchev–Trinajstić information content (AvgIpc) is 3.32. The van der Waals surface area contributed by atoms with Crippen LogP contribution in [0.3, 0.4) is 0 Å². The van der Waals surface area contributed by atoms with E-state index in [4.69, 9.17) is 9.26 Å². The van der Waals surface area contributed by atoms with Gasteiger partial charge < -0.3 is 19.7 Å². The van der Waals surface area contributed by atoms with Gasteiger partial charge in [0.2, 0.25) is 0 Å². The Hall–Kier alpha value is -2.74. The lowest BCUT2D eigenvalue weighted by atomic mass is 10.1. The Balaban J connectivity index is 1.34. The van der Waals surface area contributed by atoms with Gasteiger partial charge in [-0.1, -0.05) is 29.4 Å². The van der Waals surface area contributed by atoms with E-state index in [9.17, 15) is 9.50 Å². The van der Waals surface area contributed by atoms with Gasteiger partial charge in [0.1, 0.15) is 34.2 Å². The van der Waals surface area contributed by atoms with Crippen LogP contribution in [-0.4, -0.2) is 29.0 Å². The first-order valence-electron chi connectivity index (χ1n) is 9.24. The van der Waals surface area contributed by atoms with E-state index < -0.39 is 5.60 Å². The molecule has 4 rings (SSSR count). The zero-order valence-electron chi connectivity index (χ0n) is 15.9. The van der Waals surface area contributed by atoms with E-state index in [1.165, 1.54) is 12.1 Å². The fraction of sp³-hybridized carbons (Fsp3) is 0.227. The molecule has 4 aromatic rings. The minimum absolute atomic E-state index is 0.125. The number of nitrogens with one attached hydrogen (secondary N) is 1. The first kappa shape index (κ1) is 19.6. The summed E-state index contributed by atoms with van der Waals surface area (Å²) in [5.41, 5.74) is 2.34. The summed E-state index contributed by atoms with van der Waals surface area (Å²) >= 11 is 1.58. The molecule has 5 nitrogen and oxygen atoms in total. The summed E-state index contributed by atoms with van der Waals surface area (Å²) < 4.78 is 25.1. The fourth-order valence-electron chi connectivity index (χ4n) is 2.96. The van der Waals surface area contributed by atoms with Crippen molar-refractivity contribution in [2.45, 2.75) is 19.1 Å². The van der Waals surface area contributed by atoms with Gasteiger partial charge in [0.15, 0.2) is 5.58 Å². The molecule has 0 fully saturated rings. The molecule has 2 aromatic heterocycles. The highest BCUT2D eigenvalue weighted by Crippen LogP contribution is 2.33. The van der Waals surface area contributed by atoms with Crippen molar-refractivity contribution in [2.24, 2.45) is 0 Å². The monoisotopic (exact) mass is 412 g/mol. The summed E-state index contributed by atoms with van der Waals surface area (Å²) in [7, 11) is 0. The number of hydrogen-bond acceptors (Lipinski definition) is 6. The SMILES string of the molecule is C[C@](O)(CNCc1ccc(F)cc1)COc1cccc(-c2noc3ccsc23)c1. The van der Waals surface area contributed by atoms with Crippen molar-refractivity contribution >= 4 is 21.6 Å². The topological polar surface area (TPSA) is 67.5 Å². The van der Waals surface area contributed by atoms with Crippen LogP contribution in [0.2, 0.25) is 0 Å². The predicted octanol–water partition coefficient (Wildman–Crippen LogP) is 4.62. The van der Waals surface area contributed by atoms with Gasteiger partial charge in [-0.3, -0.25) is 0 Å². The summed E-state index contributed by atoms with van der Waals surface area (Å²) in [6, 6.07) is 15.7. The number of rotatable bonds is 8. The van der Waals surface area contributed by atoms with Gasteiger partial charge in [0.25, 0.3) is 0 Å². The maximum absolute atomic E-state index is 13.0. The molecule has 0 aliphatic carbocycles. The maximum Gasteiger partial charge on any atom is 0.178 e. The molecule has 0 saturated heterocycles. The Morgan fingerprint density at radius 1 is 1.21 bits per heavy atom. The van der Waals surface area contributed by atoms with Gasteiger partial charge in [-0.25, -0.2) is 4.39 Å². The van der Waals surface area contributed by atoms with Crippen molar-refractivity contribution in [3.8, 4) is 17.0 Å². The summed E-state index contributed by atoms with van der Waals surface area (Å²) in [6.45, 7) is 2.71. The molecule has 150 valence electrons. The molecule has 2 N–H and O–H groups in total. The van der Waals surface area contributed by atoms with Gasteiger partial charge in [0.05, 0.1) is 0 Å². The normalized spacial score (nSPS) is 13.5. The second-order valence-electron chi connectivity index (χ2n) is 7.19. The highest BCUT2D eigenvalue weighted by atomic mass is 32.1. The highest BCUT2D eigenvalue weighted by molar-refractivity contribution is 7.17. The molecule has 0 bridgehead atoms. The molecule has 2 heterocycles. The van der Waals surface area contributed by atoms with Crippen LogP contribution in [0.1, 0.15) is 12.5 Å². The molecule has 0 aliphatic heterocycles. The summed E-state index contributed by atoms with van der Waals surface area (Å²) in [6.07, 6.45) is 0. The van der Waals surface area contributed by atoms with E-state index in [1.807, 2.05) is 35.7 Å². The van der Waals surface area contributed by atoms with Crippen molar-refractivity contribution < 1.29 is 18.8 Å². The number of hydrogen-bond donors (Lipinski definition) is 2.